The molecule has 18 heavy (non-hydrogen) atoms. The van der Waals surface area contributed by atoms with E-state index in [4.69, 9.17) is 4.74 Å². The molecule has 1 aromatic heterocycles. The van der Waals surface area contributed by atoms with E-state index in [1.807, 2.05) is 10.6 Å². The first-order valence-corrected chi connectivity index (χ1v) is 6.00. The van der Waals surface area contributed by atoms with Crippen LogP contribution in [-0.4, -0.2) is 33.8 Å². The van der Waals surface area contributed by atoms with E-state index in [1.54, 1.807) is 18.5 Å². The molecule has 1 N–H and O–H groups in total. The molecule has 5 nitrogen and oxygen atoms in total. The van der Waals surface area contributed by atoms with E-state index in [0.29, 0.717) is 17.0 Å². The Bertz CT molecular complexity index is 585. The Morgan fingerprint density at radius 3 is 3.17 bits per heavy atom. The van der Waals surface area contributed by atoms with Crippen molar-refractivity contribution in [3.05, 3.63) is 30.1 Å². The predicted molar refractivity (Wildman–Crippen MR) is 65.6 cm³/mol. The van der Waals surface area contributed by atoms with Crippen LogP contribution >= 0.6 is 0 Å². The Kier molecular flexibility index (Phi) is 2.76. The first-order chi connectivity index (χ1) is 8.75. The highest BCUT2D eigenvalue weighted by molar-refractivity contribution is 6.01. The van der Waals surface area contributed by atoms with Gasteiger partial charge in [0.1, 0.15) is 0 Å². The fraction of sp³-hybridized carbons (Fsp3) is 0.385. The maximum atomic E-state index is 11.2. The fourth-order valence-corrected chi connectivity index (χ4v) is 2.44. The van der Waals surface area contributed by atoms with Gasteiger partial charge in [-0.1, -0.05) is 6.07 Å². The summed E-state index contributed by atoms with van der Waals surface area (Å²) in [5, 5.41) is 9.22. The minimum atomic E-state index is -0.912. The highest BCUT2D eigenvalue weighted by Gasteiger charge is 2.19. The van der Waals surface area contributed by atoms with Gasteiger partial charge in [-0.2, -0.15) is 0 Å². The molecular weight excluding hydrogens is 232 g/mol. The summed E-state index contributed by atoms with van der Waals surface area (Å²) >= 11 is 0. The number of hydrogen-bond donors (Lipinski definition) is 1. The molecule has 2 aromatic rings. The van der Waals surface area contributed by atoms with Crippen molar-refractivity contribution >= 4 is 17.0 Å². The summed E-state index contributed by atoms with van der Waals surface area (Å²) in [6.07, 6.45) is 2.74. The van der Waals surface area contributed by atoms with Gasteiger partial charge < -0.3 is 14.4 Å². The lowest BCUT2D eigenvalue weighted by Crippen LogP contribution is -2.11. The van der Waals surface area contributed by atoms with E-state index in [1.165, 1.54) is 0 Å². The van der Waals surface area contributed by atoms with Crippen LogP contribution in [0.3, 0.4) is 0 Å². The molecule has 0 spiro atoms. The van der Waals surface area contributed by atoms with Crippen molar-refractivity contribution in [2.24, 2.45) is 5.92 Å². The van der Waals surface area contributed by atoms with Crippen LogP contribution in [0.2, 0.25) is 0 Å². The molecule has 0 bridgehead atoms. The normalized spacial score (nSPS) is 19.4. The minimum absolute atomic E-state index is 0.309. The van der Waals surface area contributed by atoms with Gasteiger partial charge in [0.15, 0.2) is 0 Å². The van der Waals surface area contributed by atoms with Crippen molar-refractivity contribution < 1.29 is 14.6 Å². The van der Waals surface area contributed by atoms with E-state index in [2.05, 4.69) is 4.98 Å². The number of rotatable bonds is 3. The maximum absolute atomic E-state index is 11.2. The van der Waals surface area contributed by atoms with Crippen LogP contribution in [0.15, 0.2) is 24.5 Å². The average molecular weight is 246 g/mol. The van der Waals surface area contributed by atoms with Gasteiger partial charge in [0.05, 0.1) is 29.5 Å². The summed E-state index contributed by atoms with van der Waals surface area (Å²) in [6, 6.07) is 5.18. The number of imidazole rings is 1. The zero-order valence-corrected chi connectivity index (χ0v) is 9.87. The second-order valence-corrected chi connectivity index (χ2v) is 4.61. The number of carboxylic acid groups (broad SMARTS) is 1. The van der Waals surface area contributed by atoms with Crippen LogP contribution in [0.1, 0.15) is 16.8 Å². The molecule has 1 aliphatic heterocycles. The van der Waals surface area contributed by atoms with E-state index >= 15 is 0 Å². The molecule has 3 rings (SSSR count). The monoisotopic (exact) mass is 246 g/mol. The molecule has 5 heteroatoms. The number of nitrogens with zero attached hydrogens (tertiary/aromatic N) is 2. The van der Waals surface area contributed by atoms with Crippen LogP contribution in [-0.2, 0) is 11.3 Å². The van der Waals surface area contributed by atoms with Crippen molar-refractivity contribution in [1.29, 1.82) is 0 Å². The molecule has 1 saturated heterocycles. The van der Waals surface area contributed by atoms with Gasteiger partial charge in [-0.05, 0) is 18.6 Å². The fourth-order valence-electron chi connectivity index (χ4n) is 2.44. The molecule has 0 amide bonds. The van der Waals surface area contributed by atoms with Crippen LogP contribution < -0.4 is 0 Å². The Hall–Kier alpha value is -1.88. The molecule has 1 fully saturated rings. The second kappa shape index (κ2) is 4.42. The molecule has 1 aromatic carbocycles. The Balaban J connectivity index is 2.03. The summed E-state index contributed by atoms with van der Waals surface area (Å²) in [5.41, 5.74) is 1.75. The number of aromatic carboxylic acids is 1. The van der Waals surface area contributed by atoms with Crippen molar-refractivity contribution in [3.8, 4) is 0 Å². The van der Waals surface area contributed by atoms with Crippen molar-refractivity contribution in [3.63, 3.8) is 0 Å². The Morgan fingerprint density at radius 1 is 1.56 bits per heavy atom. The zero-order valence-electron chi connectivity index (χ0n) is 9.87. The molecule has 1 atom stereocenters. The third kappa shape index (κ3) is 1.86. The highest BCUT2D eigenvalue weighted by Crippen LogP contribution is 2.22. The number of hydrogen-bond acceptors (Lipinski definition) is 3. The van der Waals surface area contributed by atoms with Crippen LogP contribution in [0.5, 0.6) is 0 Å². The van der Waals surface area contributed by atoms with Crippen molar-refractivity contribution in [1.82, 2.24) is 9.55 Å². The van der Waals surface area contributed by atoms with E-state index < -0.39 is 5.97 Å². The lowest BCUT2D eigenvalue weighted by molar-refractivity contribution is 0.0698. The lowest BCUT2D eigenvalue weighted by atomic mass is 10.1. The van der Waals surface area contributed by atoms with Gasteiger partial charge in [-0.15, -0.1) is 0 Å². The van der Waals surface area contributed by atoms with E-state index in [0.717, 1.165) is 31.7 Å². The molecule has 0 radical (unpaired) electrons. The van der Waals surface area contributed by atoms with Gasteiger partial charge in [-0.3, -0.25) is 0 Å². The van der Waals surface area contributed by atoms with Crippen molar-refractivity contribution in [2.45, 2.75) is 13.0 Å². The number of ether oxygens (including phenoxy) is 1. The predicted octanol–water partition coefficient (Wildman–Crippen LogP) is 1.77. The Morgan fingerprint density at radius 2 is 2.44 bits per heavy atom. The number of benzene rings is 1. The number of aromatic nitrogens is 2. The number of para-hydroxylation sites is 1. The summed E-state index contributed by atoms with van der Waals surface area (Å²) in [6.45, 7) is 2.30. The maximum Gasteiger partial charge on any atom is 0.337 e. The molecule has 0 aliphatic carbocycles. The summed E-state index contributed by atoms with van der Waals surface area (Å²) in [5.74, 6) is -0.464. The van der Waals surface area contributed by atoms with Crippen LogP contribution in [0.4, 0.5) is 0 Å². The van der Waals surface area contributed by atoms with Crippen molar-refractivity contribution in [2.75, 3.05) is 13.2 Å². The Labute approximate surface area is 104 Å². The molecular formula is C13H14N2O3. The first-order valence-electron chi connectivity index (χ1n) is 6.00. The van der Waals surface area contributed by atoms with E-state index in [-0.39, 0.29) is 0 Å². The standard InChI is InChI=1S/C13H14N2O3/c16-13(17)10-2-1-3-11-12(10)15(8-14-11)6-9-4-5-18-7-9/h1-3,8-9H,4-7H2,(H,16,17). The average Bonchev–Trinajstić information content (AvgIpc) is 2.99. The SMILES string of the molecule is O=C(O)c1cccc2ncn(CC3CCOC3)c12. The molecule has 0 saturated carbocycles. The summed E-state index contributed by atoms with van der Waals surface area (Å²) in [4.78, 5) is 15.5. The van der Waals surface area contributed by atoms with Gasteiger partial charge in [0.25, 0.3) is 0 Å². The number of fused-ring (bicyclic) bond motifs is 1. The highest BCUT2D eigenvalue weighted by atomic mass is 16.5. The molecule has 2 heterocycles. The number of carboxylic acids is 1. The lowest BCUT2D eigenvalue weighted by Gasteiger charge is -2.10. The van der Waals surface area contributed by atoms with Gasteiger partial charge >= 0.3 is 5.97 Å². The zero-order chi connectivity index (χ0) is 12.5. The quantitative estimate of drug-likeness (QED) is 0.896. The second-order valence-electron chi connectivity index (χ2n) is 4.61. The van der Waals surface area contributed by atoms with E-state index in [9.17, 15) is 9.90 Å². The molecule has 1 aliphatic rings. The van der Waals surface area contributed by atoms with Gasteiger partial charge in [0.2, 0.25) is 0 Å². The third-order valence-corrected chi connectivity index (χ3v) is 3.35. The summed E-state index contributed by atoms with van der Waals surface area (Å²) < 4.78 is 7.27. The van der Waals surface area contributed by atoms with Crippen LogP contribution in [0, 0.1) is 5.92 Å². The minimum Gasteiger partial charge on any atom is -0.478 e. The third-order valence-electron chi connectivity index (χ3n) is 3.35. The topological polar surface area (TPSA) is 64.3 Å². The first kappa shape index (κ1) is 11.2. The largest absolute Gasteiger partial charge is 0.478 e. The number of carbonyl (C=O) groups is 1. The molecule has 94 valence electrons. The smallest absolute Gasteiger partial charge is 0.337 e. The van der Waals surface area contributed by atoms with Crippen LogP contribution in [0.25, 0.3) is 11.0 Å². The van der Waals surface area contributed by atoms with Gasteiger partial charge in [-0.25, -0.2) is 9.78 Å². The summed E-state index contributed by atoms with van der Waals surface area (Å²) in [7, 11) is 0. The van der Waals surface area contributed by atoms with Gasteiger partial charge in [0, 0.05) is 19.1 Å². The molecule has 1 unspecified atom stereocenters.